The highest BCUT2D eigenvalue weighted by Crippen LogP contribution is 2.28. The van der Waals surface area contributed by atoms with Crippen LogP contribution >= 0.6 is 22.7 Å². The summed E-state index contributed by atoms with van der Waals surface area (Å²) < 4.78 is 8.32. The van der Waals surface area contributed by atoms with Crippen LogP contribution < -0.4 is 5.56 Å². The first kappa shape index (κ1) is 21.0. The van der Waals surface area contributed by atoms with Crippen molar-refractivity contribution in [2.75, 3.05) is 0 Å². The molecule has 0 saturated heterocycles. The van der Waals surface area contributed by atoms with Gasteiger partial charge in [-0.05, 0) is 36.6 Å². The second kappa shape index (κ2) is 8.93. The molecular formula is C23H17N5O3S2. The molecule has 0 N–H and O–H groups in total. The van der Waals surface area contributed by atoms with Gasteiger partial charge >= 0.3 is 5.97 Å². The third-order valence-electron chi connectivity index (χ3n) is 4.67. The van der Waals surface area contributed by atoms with Crippen LogP contribution in [0.5, 0.6) is 0 Å². The van der Waals surface area contributed by atoms with E-state index in [0.717, 1.165) is 21.8 Å². The Bertz CT molecular complexity index is 1520. The zero-order valence-electron chi connectivity index (χ0n) is 17.4. The lowest BCUT2D eigenvalue weighted by Gasteiger charge is -1.99. The Morgan fingerprint density at radius 2 is 2.00 bits per heavy atom. The highest BCUT2D eigenvalue weighted by atomic mass is 32.1. The molecule has 10 heteroatoms. The molecule has 5 rings (SSSR count). The molecule has 164 valence electrons. The number of benzene rings is 1. The number of thiophene rings is 1. The van der Waals surface area contributed by atoms with Gasteiger partial charge in [0.05, 0.1) is 10.6 Å². The Balaban J connectivity index is 1.34. The zero-order valence-corrected chi connectivity index (χ0v) is 19.0. The maximum Gasteiger partial charge on any atom is 0.331 e. The molecule has 0 bridgehead atoms. The molecule has 1 aromatic carbocycles. The Hall–Kier alpha value is -3.89. The summed E-state index contributed by atoms with van der Waals surface area (Å²) >= 11 is 2.79. The van der Waals surface area contributed by atoms with E-state index in [-0.39, 0.29) is 12.2 Å². The SMILES string of the molecule is Cc1cc(=O)n2nc(COC(=O)/C=C/c3cn(-c4ccccc4)nc3-c3cccs3)sc2n1. The summed E-state index contributed by atoms with van der Waals surface area (Å²) in [6, 6.07) is 15.1. The van der Waals surface area contributed by atoms with E-state index in [1.807, 2.05) is 54.0 Å². The predicted molar refractivity (Wildman–Crippen MR) is 128 cm³/mol. The first-order chi connectivity index (χ1) is 16.1. The van der Waals surface area contributed by atoms with Gasteiger partial charge in [-0.3, -0.25) is 4.79 Å². The summed E-state index contributed by atoms with van der Waals surface area (Å²) in [5.41, 5.74) is 2.86. The number of carbonyl (C=O) groups excluding carboxylic acids is 1. The van der Waals surface area contributed by atoms with Gasteiger partial charge in [0.15, 0.2) is 5.01 Å². The van der Waals surface area contributed by atoms with Crippen molar-refractivity contribution in [1.82, 2.24) is 24.4 Å². The number of aromatic nitrogens is 5. The number of para-hydroxylation sites is 1. The Morgan fingerprint density at radius 3 is 2.79 bits per heavy atom. The van der Waals surface area contributed by atoms with Crippen LogP contribution in [0.15, 0.2) is 71.0 Å². The number of hydrogen-bond donors (Lipinski definition) is 0. The minimum absolute atomic E-state index is 0.0449. The quantitative estimate of drug-likeness (QED) is 0.271. The third-order valence-corrected chi connectivity index (χ3v) is 6.43. The summed E-state index contributed by atoms with van der Waals surface area (Å²) in [4.78, 5) is 30.1. The largest absolute Gasteiger partial charge is 0.455 e. The van der Waals surface area contributed by atoms with Crippen molar-refractivity contribution in [1.29, 1.82) is 0 Å². The summed E-state index contributed by atoms with van der Waals surface area (Å²) in [6.45, 7) is 1.70. The molecule has 0 aliphatic rings. The zero-order chi connectivity index (χ0) is 22.8. The van der Waals surface area contributed by atoms with E-state index in [1.54, 1.807) is 29.0 Å². The lowest BCUT2D eigenvalue weighted by Crippen LogP contribution is -2.14. The van der Waals surface area contributed by atoms with E-state index in [9.17, 15) is 9.59 Å². The predicted octanol–water partition coefficient (Wildman–Crippen LogP) is 4.13. The molecule has 4 heterocycles. The molecule has 0 amide bonds. The molecular weight excluding hydrogens is 458 g/mol. The van der Waals surface area contributed by atoms with Crippen LogP contribution in [0.3, 0.4) is 0 Å². The fraction of sp³-hybridized carbons (Fsp3) is 0.0870. The van der Waals surface area contributed by atoms with Gasteiger partial charge in [0, 0.05) is 29.6 Å². The number of rotatable bonds is 6. The fourth-order valence-corrected chi connectivity index (χ4v) is 4.77. The number of ether oxygens (including phenoxy) is 1. The van der Waals surface area contributed by atoms with Crippen LogP contribution in [-0.2, 0) is 16.1 Å². The van der Waals surface area contributed by atoms with Gasteiger partial charge in [0.2, 0.25) is 4.96 Å². The molecule has 0 spiro atoms. The van der Waals surface area contributed by atoms with Crippen molar-refractivity contribution in [3.8, 4) is 16.3 Å². The van der Waals surface area contributed by atoms with Gasteiger partial charge in [-0.1, -0.05) is 35.6 Å². The van der Waals surface area contributed by atoms with Crippen LogP contribution in [0.4, 0.5) is 0 Å². The number of nitrogens with zero attached hydrogens (tertiary/aromatic N) is 5. The van der Waals surface area contributed by atoms with Crippen LogP contribution in [0, 0.1) is 6.92 Å². The molecule has 0 fully saturated rings. The molecule has 5 aromatic rings. The molecule has 0 unspecified atom stereocenters. The first-order valence-electron chi connectivity index (χ1n) is 9.97. The molecule has 0 aliphatic heterocycles. The normalized spacial score (nSPS) is 11.4. The maximum absolute atomic E-state index is 12.4. The minimum Gasteiger partial charge on any atom is -0.455 e. The fourth-order valence-electron chi connectivity index (χ4n) is 3.18. The Labute approximate surface area is 196 Å². The maximum atomic E-state index is 12.4. The van der Waals surface area contributed by atoms with Gasteiger partial charge in [0.25, 0.3) is 5.56 Å². The van der Waals surface area contributed by atoms with E-state index in [1.165, 1.54) is 28.0 Å². The van der Waals surface area contributed by atoms with Crippen LogP contribution in [0.1, 0.15) is 16.3 Å². The van der Waals surface area contributed by atoms with Gasteiger partial charge in [-0.2, -0.15) is 14.7 Å². The van der Waals surface area contributed by atoms with Gasteiger partial charge < -0.3 is 4.74 Å². The Kier molecular flexibility index (Phi) is 5.68. The van der Waals surface area contributed by atoms with Gasteiger partial charge in [-0.15, -0.1) is 11.3 Å². The summed E-state index contributed by atoms with van der Waals surface area (Å²) in [5, 5.41) is 11.4. The summed E-state index contributed by atoms with van der Waals surface area (Å²) in [5.74, 6) is -0.518. The van der Waals surface area contributed by atoms with E-state index >= 15 is 0 Å². The van der Waals surface area contributed by atoms with Gasteiger partial charge in [-0.25, -0.2) is 14.5 Å². The average Bonchev–Trinajstić information content (AvgIpc) is 3.56. The molecule has 33 heavy (non-hydrogen) atoms. The van der Waals surface area contributed by atoms with Crippen molar-refractivity contribution >= 4 is 39.7 Å². The Morgan fingerprint density at radius 1 is 1.15 bits per heavy atom. The van der Waals surface area contributed by atoms with Crippen molar-refractivity contribution in [3.63, 3.8) is 0 Å². The molecule has 0 atom stereocenters. The number of hydrogen-bond acceptors (Lipinski definition) is 8. The molecule has 0 aliphatic carbocycles. The minimum atomic E-state index is -0.518. The van der Waals surface area contributed by atoms with Crippen LogP contribution in [0.2, 0.25) is 0 Å². The number of carbonyl (C=O) groups is 1. The highest BCUT2D eigenvalue weighted by molar-refractivity contribution is 7.16. The van der Waals surface area contributed by atoms with E-state index < -0.39 is 5.97 Å². The van der Waals surface area contributed by atoms with E-state index in [2.05, 4.69) is 10.1 Å². The monoisotopic (exact) mass is 475 g/mol. The van der Waals surface area contributed by atoms with E-state index in [4.69, 9.17) is 9.84 Å². The van der Waals surface area contributed by atoms with Crippen molar-refractivity contribution in [2.45, 2.75) is 13.5 Å². The average molecular weight is 476 g/mol. The van der Waals surface area contributed by atoms with E-state index in [0.29, 0.717) is 15.7 Å². The molecule has 0 radical (unpaired) electrons. The van der Waals surface area contributed by atoms with Crippen LogP contribution in [0.25, 0.3) is 27.3 Å². The lowest BCUT2D eigenvalue weighted by molar-refractivity contribution is -0.138. The first-order valence-corrected chi connectivity index (χ1v) is 11.7. The van der Waals surface area contributed by atoms with Crippen LogP contribution in [-0.4, -0.2) is 30.3 Å². The summed E-state index contributed by atoms with van der Waals surface area (Å²) in [7, 11) is 0. The number of esters is 1. The number of aryl methyl sites for hydroxylation is 1. The van der Waals surface area contributed by atoms with Crippen molar-refractivity contribution < 1.29 is 9.53 Å². The second-order valence-electron chi connectivity index (χ2n) is 7.06. The number of fused-ring (bicyclic) bond motifs is 1. The topological polar surface area (TPSA) is 91.4 Å². The smallest absolute Gasteiger partial charge is 0.331 e. The van der Waals surface area contributed by atoms with Gasteiger partial charge in [0.1, 0.15) is 12.3 Å². The third kappa shape index (κ3) is 4.52. The summed E-state index contributed by atoms with van der Waals surface area (Å²) in [6.07, 6.45) is 4.94. The van der Waals surface area contributed by atoms with Crippen molar-refractivity contribution in [2.24, 2.45) is 0 Å². The highest BCUT2D eigenvalue weighted by Gasteiger charge is 2.13. The van der Waals surface area contributed by atoms with Crippen molar-refractivity contribution in [3.05, 3.63) is 92.8 Å². The standard InChI is InChI=1S/C23H17N5O3S2/c1-15-12-20(29)28-23(24-15)33-19(25-28)14-31-21(30)10-9-16-13-27(17-6-3-2-4-7-17)26-22(16)18-8-5-11-32-18/h2-13H,14H2,1H3/b10-9+. The molecule has 8 nitrogen and oxygen atoms in total. The lowest BCUT2D eigenvalue weighted by atomic mass is 10.2. The molecule has 4 aromatic heterocycles. The molecule has 0 saturated carbocycles. The second-order valence-corrected chi connectivity index (χ2v) is 9.05.